The number of nitrogens with one attached hydrogen (secondary N) is 1. The SMILES string of the molecule is Cc1cnc(=O)[nH]c1-c1ccc(C(C)(C)C)cc1. The topological polar surface area (TPSA) is 45.8 Å². The van der Waals surface area contributed by atoms with Crippen LogP contribution in [0.25, 0.3) is 11.3 Å². The number of rotatable bonds is 1. The molecule has 0 spiro atoms. The molecule has 0 aliphatic carbocycles. The van der Waals surface area contributed by atoms with Crippen molar-refractivity contribution >= 4 is 0 Å². The molecule has 0 aliphatic heterocycles. The van der Waals surface area contributed by atoms with Crippen LogP contribution in [0.3, 0.4) is 0 Å². The van der Waals surface area contributed by atoms with Crippen molar-refractivity contribution in [2.75, 3.05) is 0 Å². The van der Waals surface area contributed by atoms with Gasteiger partial charge in [-0.25, -0.2) is 9.78 Å². The predicted molar refractivity (Wildman–Crippen MR) is 73.7 cm³/mol. The van der Waals surface area contributed by atoms with Crippen molar-refractivity contribution < 1.29 is 0 Å². The molecule has 0 bridgehead atoms. The number of aromatic amines is 1. The lowest BCUT2D eigenvalue weighted by atomic mass is 9.86. The van der Waals surface area contributed by atoms with E-state index in [-0.39, 0.29) is 11.1 Å². The Labute approximate surface area is 107 Å². The molecule has 1 aromatic carbocycles. The van der Waals surface area contributed by atoms with Gasteiger partial charge in [-0.1, -0.05) is 45.0 Å². The number of hydrogen-bond donors (Lipinski definition) is 1. The van der Waals surface area contributed by atoms with Crippen LogP contribution in [-0.4, -0.2) is 9.97 Å². The van der Waals surface area contributed by atoms with Crippen molar-refractivity contribution in [3.05, 3.63) is 52.1 Å². The summed E-state index contributed by atoms with van der Waals surface area (Å²) in [6.45, 7) is 8.49. The Morgan fingerprint density at radius 3 is 2.28 bits per heavy atom. The fraction of sp³-hybridized carbons (Fsp3) is 0.333. The van der Waals surface area contributed by atoms with Gasteiger partial charge in [0.15, 0.2) is 0 Å². The first-order valence-corrected chi connectivity index (χ1v) is 6.05. The molecular formula is C15H18N2O. The Kier molecular flexibility index (Phi) is 3.07. The summed E-state index contributed by atoms with van der Waals surface area (Å²) in [5.74, 6) is 0. The van der Waals surface area contributed by atoms with Gasteiger partial charge in [0.1, 0.15) is 0 Å². The molecule has 18 heavy (non-hydrogen) atoms. The average molecular weight is 242 g/mol. The van der Waals surface area contributed by atoms with Crippen molar-refractivity contribution in [2.45, 2.75) is 33.1 Å². The summed E-state index contributed by atoms with van der Waals surface area (Å²) in [7, 11) is 0. The number of H-pyrrole nitrogens is 1. The highest BCUT2D eigenvalue weighted by Crippen LogP contribution is 2.25. The van der Waals surface area contributed by atoms with Crippen LogP contribution in [-0.2, 0) is 5.41 Å². The maximum absolute atomic E-state index is 11.3. The molecule has 1 aromatic heterocycles. The summed E-state index contributed by atoms with van der Waals surface area (Å²) in [6, 6.07) is 8.29. The van der Waals surface area contributed by atoms with Crippen LogP contribution in [0, 0.1) is 6.92 Å². The number of aryl methyl sites for hydroxylation is 1. The molecule has 0 saturated carbocycles. The average Bonchev–Trinajstić information content (AvgIpc) is 2.31. The number of aromatic nitrogens is 2. The van der Waals surface area contributed by atoms with E-state index >= 15 is 0 Å². The number of hydrogen-bond acceptors (Lipinski definition) is 2. The van der Waals surface area contributed by atoms with Crippen LogP contribution in [0.4, 0.5) is 0 Å². The predicted octanol–water partition coefficient (Wildman–Crippen LogP) is 3.04. The summed E-state index contributed by atoms with van der Waals surface area (Å²) >= 11 is 0. The van der Waals surface area contributed by atoms with E-state index in [0.29, 0.717) is 0 Å². The highest BCUT2D eigenvalue weighted by Gasteiger charge is 2.13. The molecule has 0 atom stereocenters. The summed E-state index contributed by atoms with van der Waals surface area (Å²) in [5, 5.41) is 0. The summed E-state index contributed by atoms with van der Waals surface area (Å²) in [6.07, 6.45) is 1.60. The summed E-state index contributed by atoms with van der Waals surface area (Å²) in [4.78, 5) is 17.8. The first-order valence-electron chi connectivity index (χ1n) is 6.05. The van der Waals surface area contributed by atoms with Gasteiger partial charge >= 0.3 is 5.69 Å². The zero-order valence-corrected chi connectivity index (χ0v) is 11.2. The van der Waals surface area contributed by atoms with Gasteiger partial charge in [0.05, 0.1) is 5.69 Å². The Morgan fingerprint density at radius 2 is 1.72 bits per heavy atom. The van der Waals surface area contributed by atoms with Crippen molar-refractivity contribution in [3.63, 3.8) is 0 Å². The summed E-state index contributed by atoms with van der Waals surface area (Å²) < 4.78 is 0. The largest absolute Gasteiger partial charge is 0.345 e. The maximum atomic E-state index is 11.3. The van der Waals surface area contributed by atoms with Gasteiger partial charge in [-0.05, 0) is 29.0 Å². The van der Waals surface area contributed by atoms with E-state index < -0.39 is 0 Å². The third-order valence-electron chi connectivity index (χ3n) is 3.04. The molecule has 1 N–H and O–H groups in total. The smallest absolute Gasteiger partial charge is 0.305 e. The highest BCUT2D eigenvalue weighted by molar-refractivity contribution is 5.62. The molecule has 0 unspecified atom stereocenters. The minimum Gasteiger partial charge on any atom is -0.305 e. The quantitative estimate of drug-likeness (QED) is 0.835. The van der Waals surface area contributed by atoms with Crippen molar-refractivity contribution in [1.29, 1.82) is 0 Å². The molecule has 94 valence electrons. The number of benzene rings is 1. The molecule has 0 aliphatic rings. The minimum atomic E-state index is -0.310. The fourth-order valence-corrected chi connectivity index (χ4v) is 1.89. The first-order chi connectivity index (χ1) is 8.38. The van der Waals surface area contributed by atoms with Gasteiger partial charge in [-0.2, -0.15) is 0 Å². The van der Waals surface area contributed by atoms with Gasteiger partial charge < -0.3 is 4.98 Å². The van der Waals surface area contributed by atoms with E-state index in [2.05, 4.69) is 42.9 Å². The van der Waals surface area contributed by atoms with Crippen LogP contribution in [0.1, 0.15) is 31.9 Å². The van der Waals surface area contributed by atoms with E-state index in [0.717, 1.165) is 16.8 Å². The lowest BCUT2D eigenvalue weighted by Gasteiger charge is -2.19. The molecule has 1 heterocycles. The molecule has 0 amide bonds. The number of nitrogens with zero attached hydrogens (tertiary/aromatic N) is 1. The Morgan fingerprint density at radius 1 is 1.11 bits per heavy atom. The molecule has 0 radical (unpaired) electrons. The standard InChI is InChI=1S/C15H18N2O/c1-10-9-16-14(18)17-13(10)11-5-7-12(8-6-11)15(2,3)4/h5-9H,1-4H3,(H,16,17,18). The van der Waals surface area contributed by atoms with Gasteiger partial charge in [0.2, 0.25) is 0 Å². The van der Waals surface area contributed by atoms with Crippen molar-refractivity contribution in [3.8, 4) is 11.3 Å². The van der Waals surface area contributed by atoms with Crippen LogP contribution < -0.4 is 5.69 Å². The van der Waals surface area contributed by atoms with Crippen LogP contribution in [0.2, 0.25) is 0 Å². The van der Waals surface area contributed by atoms with Gasteiger partial charge in [0, 0.05) is 6.20 Å². The van der Waals surface area contributed by atoms with Crippen LogP contribution in [0.5, 0.6) is 0 Å². The second kappa shape index (κ2) is 4.41. The lowest BCUT2D eigenvalue weighted by Crippen LogP contribution is -2.12. The highest BCUT2D eigenvalue weighted by atomic mass is 16.1. The van der Waals surface area contributed by atoms with Gasteiger partial charge in [-0.15, -0.1) is 0 Å². The van der Waals surface area contributed by atoms with E-state index in [1.807, 2.05) is 19.1 Å². The van der Waals surface area contributed by atoms with E-state index in [1.54, 1.807) is 6.20 Å². The third kappa shape index (κ3) is 2.50. The van der Waals surface area contributed by atoms with Gasteiger partial charge in [0.25, 0.3) is 0 Å². The third-order valence-corrected chi connectivity index (χ3v) is 3.04. The van der Waals surface area contributed by atoms with Gasteiger partial charge in [-0.3, -0.25) is 0 Å². The van der Waals surface area contributed by atoms with Crippen LogP contribution in [0.15, 0.2) is 35.3 Å². The zero-order chi connectivity index (χ0) is 13.3. The molecule has 0 saturated heterocycles. The second-order valence-electron chi connectivity index (χ2n) is 5.57. The molecule has 3 nitrogen and oxygen atoms in total. The lowest BCUT2D eigenvalue weighted by molar-refractivity contribution is 0.590. The van der Waals surface area contributed by atoms with Crippen molar-refractivity contribution in [1.82, 2.24) is 9.97 Å². The van der Waals surface area contributed by atoms with E-state index in [9.17, 15) is 4.79 Å². The first kappa shape index (κ1) is 12.6. The molecular weight excluding hydrogens is 224 g/mol. The summed E-state index contributed by atoms with van der Waals surface area (Å²) in [5.41, 5.74) is 3.93. The fourth-order valence-electron chi connectivity index (χ4n) is 1.89. The second-order valence-corrected chi connectivity index (χ2v) is 5.57. The maximum Gasteiger partial charge on any atom is 0.345 e. The van der Waals surface area contributed by atoms with Crippen LogP contribution >= 0.6 is 0 Å². The van der Waals surface area contributed by atoms with E-state index in [4.69, 9.17) is 0 Å². The molecule has 2 aromatic rings. The minimum absolute atomic E-state index is 0.138. The molecule has 0 fully saturated rings. The Hall–Kier alpha value is -1.90. The van der Waals surface area contributed by atoms with Crippen molar-refractivity contribution in [2.24, 2.45) is 0 Å². The normalized spacial score (nSPS) is 11.6. The Bertz CT molecular complexity index is 604. The Balaban J connectivity index is 2.47. The molecule has 2 rings (SSSR count). The zero-order valence-electron chi connectivity index (χ0n) is 11.2. The molecule has 3 heteroatoms. The monoisotopic (exact) mass is 242 g/mol. The van der Waals surface area contributed by atoms with E-state index in [1.165, 1.54) is 5.56 Å².